The minimum atomic E-state index is -0.998. The van der Waals surface area contributed by atoms with E-state index in [4.69, 9.17) is 27.8 Å². The topological polar surface area (TPSA) is 95.4 Å². The highest BCUT2D eigenvalue weighted by molar-refractivity contribution is 6.31. The number of rotatable bonds is 3. The lowest BCUT2D eigenvalue weighted by molar-refractivity contribution is -0.125. The van der Waals surface area contributed by atoms with Gasteiger partial charge in [0.1, 0.15) is 0 Å². The summed E-state index contributed by atoms with van der Waals surface area (Å²) in [7, 11) is 0. The number of ether oxygens (including phenoxy) is 1. The fourth-order valence-electron chi connectivity index (χ4n) is 1.00. The third-order valence-corrected chi connectivity index (χ3v) is 2.15. The van der Waals surface area contributed by atoms with Crippen LogP contribution < -0.4 is 11.5 Å². The van der Waals surface area contributed by atoms with E-state index in [0.717, 1.165) is 0 Å². The SMILES string of the molecule is C[C@@H](OC(=O)c1ccc(Cl)cc1N)C(N)=O. The summed E-state index contributed by atoms with van der Waals surface area (Å²) < 4.78 is 4.78. The van der Waals surface area contributed by atoms with Crippen LogP contribution in [0.1, 0.15) is 17.3 Å². The van der Waals surface area contributed by atoms with Crippen molar-refractivity contribution < 1.29 is 14.3 Å². The molecule has 6 heteroatoms. The van der Waals surface area contributed by atoms with E-state index in [0.29, 0.717) is 5.02 Å². The molecule has 0 aromatic heterocycles. The summed E-state index contributed by atoms with van der Waals surface area (Å²) in [6, 6.07) is 4.35. The van der Waals surface area contributed by atoms with Crippen molar-refractivity contribution >= 4 is 29.2 Å². The number of primary amides is 1. The Kier molecular flexibility index (Phi) is 3.73. The zero-order chi connectivity index (χ0) is 12.3. The highest BCUT2D eigenvalue weighted by Crippen LogP contribution is 2.19. The van der Waals surface area contributed by atoms with Gasteiger partial charge < -0.3 is 16.2 Å². The van der Waals surface area contributed by atoms with Crippen molar-refractivity contribution in [2.45, 2.75) is 13.0 Å². The number of halogens is 1. The molecule has 0 bridgehead atoms. The van der Waals surface area contributed by atoms with Crippen LogP contribution in [0.4, 0.5) is 5.69 Å². The van der Waals surface area contributed by atoms with Crippen LogP contribution in [0.3, 0.4) is 0 Å². The molecule has 0 aliphatic rings. The van der Waals surface area contributed by atoms with Gasteiger partial charge in [0.2, 0.25) is 0 Å². The number of carbonyl (C=O) groups excluding carboxylic acids is 2. The van der Waals surface area contributed by atoms with E-state index in [-0.39, 0.29) is 11.3 Å². The zero-order valence-electron chi connectivity index (χ0n) is 8.57. The second-order valence-electron chi connectivity index (χ2n) is 3.18. The molecule has 86 valence electrons. The molecular formula is C10H11ClN2O3. The smallest absolute Gasteiger partial charge is 0.341 e. The summed E-state index contributed by atoms with van der Waals surface area (Å²) in [5.41, 5.74) is 10.9. The van der Waals surface area contributed by atoms with Crippen molar-refractivity contribution in [3.63, 3.8) is 0 Å². The summed E-state index contributed by atoms with van der Waals surface area (Å²) >= 11 is 5.67. The Labute approximate surface area is 97.3 Å². The van der Waals surface area contributed by atoms with Gasteiger partial charge in [-0.25, -0.2) is 4.79 Å². The van der Waals surface area contributed by atoms with Crippen LogP contribution in [0.2, 0.25) is 5.02 Å². The molecule has 4 N–H and O–H groups in total. The van der Waals surface area contributed by atoms with E-state index in [1.165, 1.54) is 25.1 Å². The van der Waals surface area contributed by atoms with E-state index >= 15 is 0 Å². The van der Waals surface area contributed by atoms with Crippen LogP contribution in [0, 0.1) is 0 Å². The third-order valence-electron chi connectivity index (χ3n) is 1.92. The molecule has 0 saturated heterocycles. The van der Waals surface area contributed by atoms with Gasteiger partial charge >= 0.3 is 5.97 Å². The lowest BCUT2D eigenvalue weighted by atomic mass is 10.2. The Morgan fingerprint density at radius 1 is 1.44 bits per heavy atom. The first-order valence-electron chi connectivity index (χ1n) is 4.47. The maximum Gasteiger partial charge on any atom is 0.341 e. The Bertz CT molecular complexity index is 434. The van der Waals surface area contributed by atoms with Crippen LogP contribution in [-0.4, -0.2) is 18.0 Å². The molecule has 0 aliphatic heterocycles. The summed E-state index contributed by atoms with van der Waals surface area (Å²) in [4.78, 5) is 22.2. The van der Waals surface area contributed by atoms with Gasteiger partial charge in [-0.05, 0) is 25.1 Å². The van der Waals surface area contributed by atoms with Gasteiger partial charge in [0, 0.05) is 10.7 Å². The van der Waals surface area contributed by atoms with Gasteiger partial charge in [0.05, 0.1) is 5.56 Å². The number of nitrogens with two attached hydrogens (primary N) is 2. The normalized spacial score (nSPS) is 11.9. The van der Waals surface area contributed by atoms with E-state index in [9.17, 15) is 9.59 Å². The fraction of sp³-hybridized carbons (Fsp3) is 0.200. The van der Waals surface area contributed by atoms with Gasteiger partial charge in [-0.2, -0.15) is 0 Å². The van der Waals surface area contributed by atoms with E-state index in [1.54, 1.807) is 0 Å². The largest absolute Gasteiger partial charge is 0.449 e. The number of benzene rings is 1. The number of hydrogen-bond donors (Lipinski definition) is 2. The third kappa shape index (κ3) is 2.87. The maximum absolute atomic E-state index is 11.5. The van der Waals surface area contributed by atoms with Crippen LogP contribution in [0.5, 0.6) is 0 Å². The lowest BCUT2D eigenvalue weighted by Gasteiger charge is -2.10. The first kappa shape index (κ1) is 12.3. The van der Waals surface area contributed by atoms with E-state index in [1.807, 2.05) is 0 Å². The molecule has 1 aromatic carbocycles. The molecule has 1 atom stereocenters. The van der Waals surface area contributed by atoms with Gasteiger partial charge in [-0.3, -0.25) is 4.79 Å². The molecule has 1 amide bonds. The quantitative estimate of drug-likeness (QED) is 0.609. The molecule has 0 unspecified atom stereocenters. The summed E-state index contributed by atoms with van der Waals surface area (Å²) in [6.45, 7) is 1.38. The minimum absolute atomic E-state index is 0.150. The molecule has 16 heavy (non-hydrogen) atoms. The highest BCUT2D eigenvalue weighted by atomic mass is 35.5. The number of hydrogen-bond acceptors (Lipinski definition) is 4. The Balaban J connectivity index is 2.85. The van der Waals surface area contributed by atoms with Crippen molar-refractivity contribution in [3.05, 3.63) is 28.8 Å². The molecule has 0 saturated carbocycles. The maximum atomic E-state index is 11.5. The predicted octanol–water partition coefficient (Wildman–Crippen LogP) is 0.953. The number of amides is 1. The molecule has 0 aliphatic carbocycles. The summed E-state index contributed by atoms with van der Waals surface area (Å²) in [5, 5.41) is 0.414. The number of anilines is 1. The van der Waals surface area contributed by atoms with Gasteiger partial charge in [-0.1, -0.05) is 11.6 Å². The lowest BCUT2D eigenvalue weighted by Crippen LogP contribution is -2.30. The van der Waals surface area contributed by atoms with Crippen molar-refractivity contribution in [1.82, 2.24) is 0 Å². The number of carbonyl (C=O) groups is 2. The highest BCUT2D eigenvalue weighted by Gasteiger charge is 2.17. The molecule has 0 fully saturated rings. The predicted molar refractivity (Wildman–Crippen MR) is 59.9 cm³/mol. The molecule has 0 spiro atoms. The Hall–Kier alpha value is -1.75. The molecule has 0 heterocycles. The first-order chi connectivity index (χ1) is 7.41. The van der Waals surface area contributed by atoms with Crippen molar-refractivity contribution in [1.29, 1.82) is 0 Å². The second kappa shape index (κ2) is 4.85. The van der Waals surface area contributed by atoms with Crippen LogP contribution in [0.15, 0.2) is 18.2 Å². The zero-order valence-corrected chi connectivity index (χ0v) is 9.32. The average Bonchev–Trinajstić information content (AvgIpc) is 2.16. The van der Waals surface area contributed by atoms with Crippen molar-refractivity contribution in [2.75, 3.05) is 5.73 Å². The number of esters is 1. The Morgan fingerprint density at radius 2 is 2.06 bits per heavy atom. The average molecular weight is 243 g/mol. The van der Waals surface area contributed by atoms with Crippen molar-refractivity contribution in [2.24, 2.45) is 5.73 Å². The Morgan fingerprint density at radius 3 is 2.56 bits per heavy atom. The summed E-state index contributed by atoms with van der Waals surface area (Å²) in [6.07, 6.45) is -0.998. The second-order valence-corrected chi connectivity index (χ2v) is 3.62. The van der Waals surface area contributed by atoms with Crippen molar-refractivity contribution in [3.8, 4) is 0 Å². The summed E-state index contributed by atoms with van der Waals surface area (Å²) in [5.74, 6) is -1.43. The van der Waals surface area contributed by atoms with Crippen LogP contribution in [-0.2, 0) is 9.53 Å². The minimum Gasteiger partial charge on any atom is -0.449 e. The monoisotopic (exact) mass is 242 g/mol. The molecule has 1 rings (SSSR count). The van der Waals surface area contributed by atoms with Crippen LogP contribution >= 0.6 is 11.6 Å². The van der Waals surface area contributed by atoms with E-state index in [2.05, 4.69) is 0 Å². The van der Waals surface area contributed by atoms with Crippen LogP contribution in [0.25, 0.3) is 0 Å². The molecule has 0 radical (unpaired) electrons. The van der Waals surface area contributed by atoms with Gasteiger partial charge in [-0.15, -0.1) is 0 Å². The van der Waals surface area contributed by atoms with Gasteiger partial charge in [0.15, 0.2) is 6.10 Å². The number of nitrogen functional groups attached to an aromatic ring is 1. The standard InChI is InChI=1S/C10H11ClN2O3/c1-5(9(13)14)16-10(15)7-3-2-6(11)4-8(7)12/h2-5H,12H2,1H3,(H2,13,14)/t5-/m1/s1. The van der Waals surface area contributed by atoms with E-state index < -0.39 is 18.0 Å². The van der Waals surface area contributed by atoms with Gasteiger partial charge in [0.25, 0.3) is 5.91 Å². The first-order valence-corrected chi connectivity index (χ1v) is 4.85. The molecular weight excluding hydrogens is 232 g/mol. The molecule has 1 aromatic rings. The fourth-order valence-corrected chi connectivity index (χ4v) is 1.18. The molecule has 5 nitrogen and oxygen atoms in total.